The first-order chi connectivity index (χ1) is 10.8. The van der Waals surface area contributed by atoms with E-state index in [4.69, 9.17) is 0 Å². The van der Waals surface area contributed by atoms with Gasteiger partial charge in [-0.05, 0) is 30.9 Å². The first kappa shape index (κ1) is 15.6. The predicted molar refractivity (Wildman–Crippen MR) is 92.3 cm³/mol. The van der Waals surface area contributed by atoms with Crippen molar-refractivity contribution in [3.05, 3.63) is 46.9 Å². The van der Waals surface area contributed by atoms with Crippen LogP contribution in [0.3, 0.4) is 0 Å². The van der Waals surface area contributed by atoms with Gasteiger partial charge in [0.25, 0.3) is 0 Å². The van der Waals surface area contributed by atoms with Gasteiger partial charge >= 0.3 is 0 Å². The molecule has 0 aliphatic carbocycles. The van der Waals surface area contributed by atoms with Crippen LogP contribution in [0.2, 0.25) is 0 Å². The Morgan fingerprint density at radius 2 is 2.23 bits per heavy atom. The minimum absolute atomic E-state index is 0.278. The SMILES string of the molecule is O=C(CCc1cscn1)N1CC[C@@H](CSc2ccccc2)C1. The highest BCUT2D eigenvalue weighted by atomic mass is 32.2. The molecular formula is C17H20N2OS2. The molecule has 1 aliphatic heterocycles. The predicted octanol–water partition coefficient (Wildman–Crippen LogP) is 3.72. The summed E-state index contributed by atoms with van der Waals surface area (Å²) in [5, 5.41) is 2.02. The molecule has 0 radical (unpaired) electrons. The Kier molecular flexibility index (Phi) is 5.51. The van der Waals surface area contributed by atoms with E-state index < -0.39 is 0 Å². The summed E-state index contributed by atoms with van der Waals surface area (Å²) >= 11 is 3.49. The Morgan fingerprint density at radius 1 is 1.36 bits per heavy atom. The maximum atomic E-state index is 12.3. The number of thioether (sulfide) groups is 1. The number of amides is 1. The lowest BCUT2D eigenvalue weighted by atomic mass is 10.2. The maximum absolute atomic E-state index is 12.3. The Bertz CT molecular complexity index is 586. The molecule has 1 atom stereocenters. The second kappa shape index (κ2) is 7.79. The van der Waals surface area contributed by atoms with Gasteiger partial charge in [0.15, 0.2) is 0 Å². The van der Waals surface area contributed by atoms with Crippen LogP contribution in [0.25, 0.3) is 0 Å². The van der Waals surface area contributed by atoms with Crippen LogP contribution in [-0.2, 0) is 11.2 Å². The highest BCUT2D eigenvalue weighted by Gasteiger charge is 2.25. The van der Waals surface area contributed by atoms with Crippen molar-refractivity contribution in [2.45, 2.75) is 24.2 Å². The lowest BCUT2D eigenvalue weighted by molar-refractivity contribution is -0.130. The topological polar surface area (TPSA) is 33.2 Å². The molecule has 0 bridgehead atoms. The Morgan fingerprint density at radius 3 is 3.00 bits per heavy atom. The third-order valence-electron chi connectivity index (χ3n) is 3.95. The highest BCUT2D eigenvalue weighted by Crippen LogP contribution is 2.26. The first-order valence-electron chi connectivity index (χ1n) is 7.64. The molecule has 1 saturated heterocycles. The van der Waals surface area contributed by atoms with Crippen LogP contribution in [0.15, 0.2) is 46.1 Å². The third kappa shape index (κ3) is 4.34. The summed E-state index contributed by atoms with van der Waals surface area (Å²) < 4.78 is 0. The Balaban J connectivity index is 1.40. The highest BCUT2D eigenvalue weighted by molar-refractivity contribution is 7.99. The molecule has 0 unspecified atom stereocenters. The average Bonchev–Trinajstić information content (AvgIpc) is 3.23. The van der Waals surface area contributed by atoms with Crippen LogP contribution in [0.4, 0.5) is 0 Å². The Labute approximate surface area is 139 Å². The number of rotatable bonds is 6. The number of carbonyl (C=O) groups is 1. The van der Waals surface area contributed by atoms with Crippen LogP contribution < -0.4 is 0 Å². The van der Waals surface area contributed by atoms with Crippen LogP contribution >= 0.6 is 23.1 Å². The molecule has 3 rings (SSSR count). The van der Waals surface area contributed by atoms with Crippen LogP contribution in [0.1, 0.15) is 18.5 Å². The van der Waals surface area contributed by atoms with Crippen molar-refractivity contribution in [1.82, 2.24) is 9.88 Å². The number of thiazole rings is 1. The van der Waals surface area contributed by atoms with Crippen molar-refractivity contribution in [1.29, 1.82) is 0 Å². The summed E-state index contributed by atoms with van der Waals surface area (Å²) in [7, 11) is 0. The summed E-state index contributed by atoms with van der Waals surface area (Å²) in [6, 6.07) is 10.5. The molecule has 22 heavy (non-hydrogen) atoms. The van der Waals surface area contributed by atoms with Crippen LogP contribution in [-0.4, -0.2) is 34.6 Å². The standard InChI is InChI=1S/C17H20N2OS2/c20-17(7-6-15-12-21-13-18-15)19-9-8-14(10-19)11-22-16-4-2-1-3-5-16/h1-5,12-14H,6-11H2/t14-/m1/s1. The maximum Gasteiger partial charge on any atom is 0.222 e. The van der Waals surface area contributed by atoms with Crippen molar-refractivity contribution in [3.63, 3.8) is 0 Å². The number of aromatic nitrogens is 1. The zero-order chi connectivity index (χ0) is 15.2. The van der Waals surface area contributed by atoms with E-state index in [1.54, 1.807) is 11.3 Å². The fourth-order valence-corrected chi connectivity index (χ4v) is 4.32. The number of aryl methyl sites for hydroxylation is 1. The van der Waals surface area contributed by atoms with Crippen molar-refractivity contribution in [2.24, 2.45) is 5.92 Å². The monoisotopic (exact) mass is 332 g/mol. The molecule has 0 saturated carbocycles. The molecule has 0 N–H and O–H groups in total. The quantitative estimate of drug-likeness (QED) is 0.756. The number of likely N-dealkylation sites (tertiary alicyclic amines) is 1. The molecule has 2 aromatic rings. The van der Waals surface area contributed by atoms with E-state index in [2.05, 4.69) is 29.2 Å². The van der Waals surface area contributed by atoms with E-state index in [0.29, 0.717) is 12.3 Å². The third-order valence-corrected chi connectivity index (χ3v) is 5.82. The molecule has 5 heteroatoms. The molecule has 1 aliphatic rings. The molecule has 2 heterocycles. The Hall–Kier alpha value is -1.33. The van der Waals surface area contributed by atoms with Gasteiger partial charge in [0.1, 0.15) is 0 Å². The van der Waals surface area contributed by atoms with Crippen LogP contribution in [0, 0.1) is 5.92 Å². The van der Waals surface area contributed by atoms with E-state index in [-0.39, 0.29) is 5.91 Å². The number of hydrogen-bond donors (Lipinski definition) is 0. The van der Waals surface area contributed by atoms with E-state index in [1.807, 2.05) is 33.6 Å². The minimum atomic E-state index is 0.278. The zero-order valence-electron chi connectivity index (χ0n) is 12.5. The molecule has 1 aromatic heterocycles. The van der Waals surface area contributed by atoms with E-state index in [1.165, 1.54) is 4.90 Å². The summed E-state index contributed by atoms with van der Waals surface area (Å²) in [6.07, 6.45) is 2.48. The van der Waals surface area contributed by atoms with Crippen molar-refractivity contribution < 1.29 is 4.79 Å². The van der Waals surface area contributed by atoms with Gasteiger partial charge in [-0.15, -0.1) is 23.1 Å². The molecule has 116 valence electrons. The normalized spacial score (nSPS) is 17.8. The van der Waals surface area contributed by atoms with Crippen molar-refractivity contribution in [2.75, 3.05) is 18.8 Å². The molecule has 1 fully saturated rings. The van der Waals surface area contributed by atoms with Crippen molar-refractivity contribution in [3.8, 4) is 0 Å². The van der Waals surface area contributed by atoms with Crippen molar-refractivity contribution >= 4 is 29.0 Å². The van der Waals surface area contributed by atoms with Gasteiger partial charge in [0.05, 0.1) is 11.2 Å². The lowest BCUT2D eigenvalue weighted by Crippen LogP contribution is -2.29. The second-order valence-corrected chi connectivity index (χ2v) is 7.41. The summed E-state index contributed by atoms with van der Waals surface area (Å²) in [5.41, 5.74) is 2.86. The fraction of sp³-hybridized carbons (Fsp3) is 0.412. The number of hydrogen-bond acceptors (Lipinski definition) is 4. The molecular weight excluding hydrogens is 312 g/mol. The van der Waals surface area contributed by atoms with Gasteiger partial charge in [-0.25, -0.2) is 4.98 Å². The zero-order valence-corrected chi connectivity index (χ0v) is 14.1. The molecule has 3 nitrogen and oxygen atoms in total. The van der Waals surface area contributed by atoms with E-state index >= 15 is 0 Å². The number of carbonyl (C=O) groups excluding carboxylic acids is 1. The van der Waals surface area contributed by atoms with Gasteiger partial charge in [-0.2, -0.15) is 0 Å². The van der Waals surface area contributed by atoms with E-state index in [9.17, 15) is 4.79 Å². The smallest absolute Gasteiger partial charge is 0.222 e. The first-order valence-corrected chi connectivity index (χ1v) is 9.57. The number of nitrogens with zero attached hydrogens (tertiary/aromatic N) is 2. The summed E-state index contributed by atoms with van der Waals surface area (Å²) in [6.45, 7) is 1.83. The van der Waals surface area contributed by atoms with Gasteiger partial charge in [-0.3, -0.25) is 4.79 Å². The summed E-state index contributed by atoms with van der Waals surface area (Å²) in [4.78, 5) is 19.8. The minimum Gasteiger partial charge on any atom is -0.342 e. The molecule has 0 spiro atoms. The molecule has 1 amide bonds. The van der Waals surface area contributed by atoms with Crippen LogP contribution in [0.5, 0.6) is 0 Å². The van der Waals surface area contributed by atoms with Gasteiger partial charge in [0.2, 0.25) is 5.91 Å². The second-order valence-electron chi connectivity index (χ2n) is 5.60. The van der Waals surface area contributed by atoms with Gasteiger partial charge in [0, 0.05) is 35.5 Å². The largest absolute Gasteiger partial charge is 0.342 e. The fourth-order valence-electron chi connectivity index (χ4n) is 2.68. The average molecular weight is 332 g/mol. The number of benzene rings is 1. The molecule has 1 aromatic carbocycles. The van der Waals surface area contributed by atoms with E-state index in [0.717, 1.165) is 37.4 Å². The van der Waals surface area contributed by atoms with Gasteiger partial charge in [-0.1, -0.05) is 18.2 Å². The summed E-state index contributed by atoms with van der Waals surface area (Å²) in [5.74, 6) is 1.99. The lowest BCUT2D eigenvalue weighted by Gasteiger charge is -2.16. The van der Waals surface area contributed by atoms with Gasteiger partial charge < -0.3 is 4.90 Å².